The fourth-order valence-corrected chi connectivity index (χ4v) is 3.63. The van der Waals surface area contributed by atoms with Crippen LogP contribution < -0.4 is 26.8 Å². The van der Waals surface area contributed by atoms with Gasteiger partial charge in [0.2, 0.25) is 5.91 Å². The van der Waals surface area contributed by atoms with E-state index in [4.69, 9.17) is 16.2 Å². The van der Waals surface area contributed by atoms with Crippen LogP contribution in [0, 0.1) is 12.7 Å². The van der Waals surface area contributed by atoms with Gasteiger partial charge in [0.25, 0.3) is 5.91 Å². The topological polar surface area (TPSA) is 132 Å². The van der Waals surface area contributed by atoms with Crippen molar-refractivity contribution in [3.63, 3.8) is 0 Å². The van der Waals surface area contributed by atoms with Gasteiger partial charge in [0.15, 0.2) is 0 Å². The molecule has 1 unspecified atom stereocenters. The Kier molecular flexibility index (Phi) is 6.71. The molecule has 0 aliphatic carbocycles. The van der Waals surface area contributed by atoms with Gasteiger partial charge in [0, 0.05) is 6.42 Å². The number of aromatic nitrogens is 1. The summed E-state index contributed by atoms with van der Waals surface area (Å²) in [6.45, 7) is 1.82. The summed E-state index contributed by atoms with van der Waals surface area (Å²) in [5.41, 5.74) is 12.8. The third-order valence-corrected chi connectivity index (χ3v) is 5.33. The Balaban J connectivity index is 1.88. The number of nitrogens with two attached hydrogens (primary N) is 2. The Morgan fingerprint density at radius 1 is 1.16 bits per heavy atom. The number of hydrogen-bond acceptors (Lipinski definition) is 7. The second kappa shape index (κ2) is 9.43. The molecular formula is C21H22FN5O3S. The van der Waals surface area contributed by atoms with Crippen LogP contribution in [0.4, 0.5) is 20.8 Å². The average molecular weight is 444 g/mol. The molecule has 0 aliphatic rings. The third-order valence-electron chi connectivity index (χ3n) is 4.53. The largest absolute Gasteiger partial charge is 0.497 e. The van der Waals surface area contributed by atoms with Crippen LogP contribution >= 0.6 is 11.5 Å². The van der Waals surface area contributed by atoms with Crippen molar-refractivity contribution < 1.29 is 18.7 Å². The minimum Gasteiger partial charge on any atom is -0.497 e. The van der Waals surface area contributed by atoms with E-state index in [1.54, 1.807) is 37.4 Å². The van der Waals surface area contributed by atoms with Crippen LogP contribution in [0.15, 0.2) is 42.5 Å². The molecule has 10 heteroatoms. The van der Waals surface area contributed by atoms with E-state index in [1.165, 1.54) is 17.6 Å². The number of nitrogens with zero attached hydrogens (tertiary/aromatic N) is 1. The fourth-order valence-electron chi connectivity index (χ4n) is 2.95. The van der Waals surface area contributed by atoms with Gasteiger partial charge >= 0.3 is 0 Å². The summed E-state index contributed by atoms with van der Waals surface area (Å²) < 4.78 is 24.0. The Labute approximate surface area is 182 Å². The number of halogens is 1. The molecule has 6 N–H and O–H groups in total. The zero-order chi connectivity index (χ0) is 22.5. The van der Waals surface area contributed by atoms with Crippen LogP contribution in [0.25, 0.3) is 0 Å². The minimum absolute atomic E-state index is 0.00560. The summed E-state index contributed by atoms with van der Waals surface area (Å²) in [5, 5.41) is 6.52. The van der Waals surface area contributed by atoms with Gasteiger partial charge in [-0.05, 0) is 54.4 Å². The average Bonchev–Trinajstić information content (AvgIpc) is 3.14. The van der Waals surface area contributed by atoms with E-state index in [0.717, 1.165) is 17.3 Å². The molecule has 0 saturated heterocycles. The summed E-state index contributed by atoms with van der Waals surface area (Å²) in [6, 6.07) is 10.4. The van der Waals surface area contributed by atoms with Gasteiger partial charge in [-0.1, -0.05) is 12.1 Å². The number of rotatable bonds is 9. The Morgan fingerprint density at radius 2 is 1.87 bits per heavy atom. The summed E-state index contributed by atoms with van der Waals surface area (Å²) in [6.07, 6.45) is 0.229. The first-order chi connectivity index (χ1) is 14.8. The fraction of sp³-hybridized carbons (Fsp3) is 0.190. The van der Waals surface area contributed by atoms with Gasteiger partial charge in [-0.25, -0.2) is 4.39 Å². The van der Waals surface area contributed by atoms with E-state index < -0.39 is 23.7 Å². The summed E-state index contributed by atoms with van der Waals surface area (Å²) in [4.78, 5) is 23.8. The number of nitrogens with one attached hydrogen (secondary N) is 2. The Morgan fingerprint density at radius 3 is 2.42 bits per heavy atom. The summed E-state index contributed by atoms with van der Waals surface area (Å²) in [5.74, 6) is -1.50. The predicted octanol–water partition coefficient (Wildman–Crippen LogP) is 2.95. The molecule has 0 spiro atoms. The Bertz CT molecular complexity index is 1100. The number of hydrogen-bond donors (Lipinski definition) is 4. The first kappa shape index (κ1) is 22.0. The molecule has 0 radical (unpaired) electrons. The van der Waals surface area contributed by atoms with Crippen molar-refractivity contribution in [2.75, 3.05) is 17.7 Å². The van der Waals surface area contributed by atoms with Gasteiger partial charge in [-0.2, -0.15) is 4.37 Å². The minimum atomic E-state index is -0.888. The maximum atomic E-state index is 14.7. The van der Waals surface area contributed by atoms with Crippen molar-refractivity contribution >= 4 is 39.7 Å². The number of benzene rings is 2. The number of methoxy groups -OCH3 is 1. The van der Waals surface area contributed by atoms with E-state index in [-0.39, 0.29) is 23.4 Å². The highest BCUT2D eigenvalue weighted by Crippen LogP contribution is 2.30. The monoisotopic (exact) mass is 443 g/mol. The van der Waals surface area contributed by atoms with Crippen molar-refractivity contribution in [1.29, 1.82) is 0 Å². The molecule has 0 saturated carbocycles. The van der Waals surface area contributed by atoms with E-state index in [9.17, 15) is 14.0 Å². The molecule has 1 aromatic heterocycles. The van der Waals surface area contributed by atoms with Crippen molar-refractivity contribution in [3.05, 3.63) is 65.1 Å². The quantitative estimate of drug-likeness (QED) is 0.402. The van der Waals surface area contributed by atoms with Crippen LogP contribution in [-0.4, -0.2) is 29.3 Å². The van der Waals surface area contributed by atoms with Gasteiger partial charge in [0.1, 0.15) is 22.6 Å². The molecular weight excluding hydrogens is 421 g/mol. The molecule has 2 aromatic carbocycles. The molecule has 0 fully saturated rings. The van der Waals surface area contributed by atoms with Crippen LogP contribution in [0.3, 0.4) is 0 Å². The maximum Gasteiger partial charge on any atom is 0.250 e. The van der Waals surface area contributed by atoms with Crippen LogP contribution in [0.5, 0.6) is 5.75 Å². The highest BCUT2D eigenvalue weighted by atomic mass is 32.1. The summed E-state index contributed by atoms with van der Waals surface area (Å²) in [7, 11) is 1.56. The standard InChI is InChI=1S/C21H22FN5O3S/c1-11-7-19(31-27-11)26-16-10-17(15(22)9-14(16)20(23)28)25-18(21(24)29)8-12-3-5-13(30-2)6-4-12/h3-7,9-10,18,25-26H,8H2,1-2H3,(H2,23,28)(H2,24,29). The lowest BCUT2D eigenvalue weighted by Crippen LogP contribution is -2.37. The maximum absolute atomic E-state index is 14.7. The van der Waals surface area contributed by atoms with Crippen LogP contribution in [-0.2, 0) is 11.2 Å². The molecule has 1 atom stereocenters. The van der Waals surface area contributed by atoms with E-state index in [1.807, 2.05) is 6.92 Å². The van der Waals surface area contributed by atoms with E-state index >= 15 is 0 Å². The van der Waals surface area contributed by atoms with Crippen molar-refractivity contribution in [3.8, 4) is 5.75 Å². The molecule has 0 bridgehead atoms. The van der Waals surface area contributed by atoms with Gasteiger partial charge in [-0.3, -0.25) is 9.59 Å². The van der Waals surface area contributed by atoms with Crippen LogP contribution in [0.2, 0.25) is 0 Å². The van der Waals surface area contributed by atoms with Gasteiger partial charge in [-0.15, -0.1) is 0 Å². The number of anilines is 3. The molecule has 3 aromatic rings. The second-order valence-electron chi connectivity index (χ2n) is 6.85. The number of amides is 2. The van der Waals surface area contributed by atoms with Crippen molar-refractivity contribution in [1.82, 2.24) is 4.37 Å². The predicted molar refractivity (Wildman–Crippen MR) is 118 cm³/mol. The molecule has 8 nitrogen and oxygen atoms in total. The summed E-state index contributed by atoms with van der Waals surface area (Å²) >= 11 is 1.19. The zero-order valence-corrected chi connectivity index (χ0v) is 17.8. The first-order valence-electron chi connectivity index (χ1n) is 9.29. The van der Waals surface area contributed by atoms with Crippen molar-refractivity contribution in [2.45, 2.75) is 19.4 Å². The number of ether oxygens (including phenoxy) is 1. The molecule has 162 valence electrons. The highest BCUT2D eigenvalue weighted by Gasteiger charge is 2.21. The van der Waals surface area contributed by atoms with E-state index in [0.29, 0.717) is 10.8 Å². The van der Waals surface area contributed by atoms with Gasteiger partial charge < -0.3 is 26.8 Å². The first-order valence-corrected chi connectivity index (χ1v) is 10.1. The highest BCUT2D eigenvalue weighted by molar-refractivity contribution is 7.10. The molecule has 2 amide bonds. The lowest BCUT2D eigenvalue weighted by Gasteiger charge is -2.19. The normalized spacial score (nSPS) is 11.6. The SMILES string of the molecule is COc1ccc(CC(Nc2cc(Nc3cc(C)ns3)c(C(N)=O)cc2F)C(N)=O)cc1. The molecule has 1 heterocycles. The lowest BCUT2D eigenvalue weighted by molar-refractivity contribution is -0.118. The lowest BCUT2D eigenvalue weighted by atomic mass is 10.0. The molecule has 0 aliphatic heterocycles. The Hall–Kier alpha value is -3.66. The zero-order valence-electron chi connectivity index (χ0n) is 16.9. The van der Waals surface area contributed by atoms with E-state index in [2.05, 4.69) is 15.0 Å². The molecule has 3 rings (SSSR count). The number of carbonyl (C=O) groups excluding carboxylic acids is 2. The number of aryl methyl sites for hydroxylation is 1. The third kappa shape index (κ3) is 5.48. The second-order valence-corrected chi connectivity index (χ2v) is 7.66. The smallest absolute Gasteiger partial charge is 0.250 e. The van der Waals surface area contributed by atoms with Crippen LogP contribution in [0.1, 0.15) is 21.6 Å². The van der Waals surface area contributed by atoms with Gasteiger partial charge in [0.05, 0.1) is 29.7 Å². The van der Waals surface area contributed by atoms with Crippen molar-refractivity contribution in [2.24, 2.45) is 11.5 Å². The number of carbonyl (C=O) groups is 2. The number of primary amides is 2. The molecule has 31 heavy (non-hydrogen) atoms.